The molecule has 0 amide bonds. The largest absolute Gasteiger partial charge is 0.423 e. The summed E-state index contributed by atoms with van der Waals surface area (Å²) in [6, 6.07) is 17.6. The summed E-state index contributed by atoms with van der Waals surface area (Å²) in [6.07, 6.45) is 5.16. The van der Waals surface area contributed by atoms with E-state index >= 15 is 0 Å². The number of aliphatic hydroxyl groups is 1. The molecule has 0 aromatic heterocycles. The summed E-state index contributed by atoms with van der Waals surface area (Å²) in [7, 11) is 0. The van der Waals surface area contributed by atoms with E-state index in [-0.39, 0.29) is 12.6 Å². The second-order valence-electron chi connectivity index (χ2n) is 6.29. The third-order valence-electron chi connectivity index (χ3n) is 4.51. The van der Waals surface area contributed by atoms with Crippen molar-refractivity contribution in [1.82, 2.24) is 4.90 Å². The Kier molecular flexibility index (Phi) is 5.86. The molecule has 2 aromatic rings. The Morgan fingerprint density at radius 1 is 1.04 bits per heavy atom. The first-order chi connectivity index (χ1) is 12.2. The van der Waals surface area contributed by atoms with Crippen LogP contribution in [0, 0.1) is 5.92 Å². The number of piperidine rings is 1. The lowest BCUT2D eigenvalue weighted by Gasteiger charge is -2.29. The van der Waals surface area contributed by atoms with E-state index in [0.29, 0.717) is 11.7 Å². The smallest absolute Gasteiger partial charge is 0.337 e. The van der Waals surface area contributed by atoms with Crippen LogP contribution >= 0.6 is 0 Å². The van der Waals surface area contributed by atoms with Crippen LogP contribution in [0.5, 0.6) is 5.75 Å². The highest BCUT2D eigenvalue weighted by molar-refractivity contribution is 5.84. The number of carbonyl (C=O) groups excluding carboxylic acids is 1. The molecule has 0 spiro atoms. The Balaban J connectivity index is 1.52. The minimum absolute atomic E-state index is 0.249. The molecule has 0 aliphatic carbocycles. The van der Waals surface area contributed by atoms with Crippen LogP contribution in [-0.4, -0.2) is 35.7 Å². The Bertz CT molecular complexity index is 702. The van der Waals surface area contributed by atoms with Crippen molar-refractivity contribution in [2.75, 3.05) is 19.7 Å². The fourth-order valence-corrected chi connectivity index (χ4v) is 2.95. The summed E-state index contributed by atoms with van der Waals surface area (Å²) in [5.41, 5.74) is 2.22. The van der Waals surface area contributed by atoms with Gasteiger partial charge in [0.15, 0.2) is 0 Å². The van der Waals surface area contributed by atoms with Gasteiger partial charge in [0, 0.05) is 32.0 Å². The topological polar surface area (TPSA) is 49.8 Å². The highest BCUT2D eigenvalue weighted by atomic mass is 16.5. The number of nitrogens with zero attached hydrogens (tertiary/aromatic N) is 1. The lowest BCUT2D eigenvalue weighted by atomic mass is 9.98. The van der Waals surface area contributed by atoms with E-state index in [0.717, 1.165) is 37.1 Å². The van der Waals surface area contributed by atoms with Gasteiger partial charge >= 0.3 is 5.97 Å². The van der Waals surface area contributed by atoms with E-state index in [1.165, 1.54) is 6.08 Å². The summed E-state index contributed by atoms with van der Waals surface area (Å²) >= 11 is 0. The van der Waals surface area contributed by atoms with E-state index in [9.17, 15) is 4.79 Å². The van der Waals surface area contributed by atoms with Crippen LogP contribution in [-0.2, 0) is 4.79 Å². The fourth-order valence-electron chi connectivity index (χ4n) is 2.95. The molecule has 4 heteroatoms. The molecule has 0 saturated carbocycles. The SMILES string of the molecule is O=C(/C=C/N1CCC(CO)CC1)Oc1ccc(-c2ccccc2)cc1. The second-order valence-corrected chi connectivity index (χ2v) is 6.29. The number of esters is 1. The van der Waals surface area contributed by atoms with Gasteiger partial charge < -0.3 is 14.7 Å². The van der Waals surface area contributed by atoms with E-state index in [4.69, 9.17) is 9.84 Å². The lowest BCUT2D eigenvalue weighted by Crippen LogP contribution is -2.31. The number of benzene rings is 2. The maximum Gasteiger partial charge on any atom is 0.337 e. The molecule has 1 fully saturated rings. The number of aliphatic hydroxyl groups excluding tert-OH is 1. The predicted molar refractivity (Wildman–Crippen MR) is 98.0 cm³/mol. The molecule has 0 unspecified atom stereocenters. The Morgan fingerprint density at radius 3 is 2.32 bits per heavy atom. The van der Waals surface area contributed by atoms with Gasteiger partial charge in [0.25, 0.3) is 0 Å². The first-order valence-electron chi connectivity index (χ1n) is 8.65. The predicted octanol–water partition coefficient (Wildman–Crippen LogP) is 3.48. The van der Waals surface area contributed by atoms with Gasteiger partial charge in [-0.2, -0.15) is 0 Å². The minimum atomic E-state index is -0.378. The molecule has 1 aliphatic heterocycles. The van der Waals surface area contributed by atoms with E-state index in [1.807, 2.05) is 42.5 Å². The first kappa shape index (κ1) is 17.2. The monoisotopic (exact) mass is 337 g/mol. The number of hydrogen-bond acceptors (Lipinski definition) is 4. The summed E-state index contributed by atoms with van der Waals surface area (Å²) in [5, 5.41) is 9.14. The van der Waals surface area contributed by atoms with Gasteiger partial charge in [-0.05, 0) is 42.0 Å². The van der Waals surface area contributed by atoms with Crippen LogP contribution in [0.15, 0.2) is 66.9 Å². The maximum atomic E-state index is 12.0. The van der Waals surface area contributed by atoms with Crippen LogP contribution in [0.1, 0.15) is 12.8 Å². The Labute approximate surface area is 148 Å². The highest BCUT2D eigenvalue weighted by Crippen LogP contribution is 2.22. The first-order valence-corrected chi connectivity index (χ1v) is 8.65. The summed E-state index contributed by atoms with van der Waals surface area (Å²) in [4.78, 5) is 14.0. The number of rotatable bonds is 5. The van der Waals surface area contributed by atoms with Crippen molar-refractivity contribution in [3.8, 4) is 16.9 Å². The van der Waals surface area contributed by atoms with Gasteiger partial charge in [0.05, 0.1) is 0 Å². The maximum absolute atomic E-state index is 12.0. The molecule has 1 heterocycles. The van der Waals surface area contributed by atoms with Crippen LogP contribution in [0.2, 0.25) is 0 Å². The molecular formula is C21H23NO3. The molecule has 1 aliphatic rings. The van der Waals surface area contributed by atoms with E-state index in [1.54, 1.807) is 18.3 Å². The zero-order valence-electron chi connectivity index (χ0n) is 14.2. The van der Waals surface area contributed by atoms with E-state index in [2.05, 4.69) is 4.90 Å². The molecule has 2 aromatic carbocycles. The third kappa shape index (κ3) is 4.94. The molecule has 130 valence electrons. The zero-order chi connectivity index (χ0) is 17.5. The average molecular weight is 337 g/mol. The Morgan fingerprint density at radius 2 is 1.68 bits per heavy atom. The van der Waals surface area contributed by atoms with Gasteiger partial charge in [0.2, 0.25) is 0 Å². The molecule has 25 heavy (non-hydrogen) atoms. The van der Waals surface area contributed by atoms with Crippen LogP contribution < -0.4 is 4.74 Å². The van der Waals surface area contributed by atoms with Crippen molar-refractivity contribution in [3.63, 3.8) is 0 Å². The summed E-state index contributed by atoms with van der Waals surface area (Å²) in [5.74, 6) is 0.546. The standard InChI is InChI=1S/C21H23NO3/c23-16-17-10-13-22(14-11-17)15-12-21(24)25-20-8-6-19(7-9-20)18-4-2-1-3-5-18/h1-9,12,15,17,23H,10-11,13-14,16H2/b15-12+. The van der Waals surface area contributed by atoms with Gasteiger partial charge in [-0.3, -0.25) is 0 Å². The lowest BCUT2D eigenvalue weighted by molar-refractivity contribution is -0.129. The summed E-state index contributed by atoms with van der Waals surface area (Å²) in [6.45, 7) is 1.97. The van der Waals surface area contributed by atoms with Gasteiger partial charge in [0.1, 0.15) is 5.75 Å². The highest BCUT2D eigenvalue weighted by Gasteiger charge is 2.16. The normalized spacial score (nSPS) is 15.5. The number of hydrogen-bond donors (Lipinski definition) is 1. The van der Waals surface area contributed by atoms with Crippen molar-refractivity contribution in [1.29, 1.82) is 0 Å². The molecular weight excluding hydrogens is 314 g/mol. The van der Waals surface area contributed by atoms with Crippen LogP contribution in [0.3, 0.4) is 0 Å². The average Bonchev–Trinajstić information content (AvgIpc) is 2.68. The van der Waals surface area contributed by atoms with Gasteiger partial charge in [-0.15, -0.1) is 0 Å². The van der Waals surface area contributed by atoms with Crippen LogP contribution in [0.4, 0.5) is 0 Å². The Hall–Kier alpha value is -2.59. The van der Waals surface area contributed by atoms with Crippen molar-refractivity contribution in [2.45, 2.75) is 12.8 Å². The van der Waals surface area contributed by atoms with Crippen LogP contribution in [0.25, 0.3) is 11.1 Å². The van der Waals surface area contributed by atoms with Gasteiger partial charge in [-0.25, -0.2) is 4.79 Å². The molecule has 0 atom stereocenters. The van der Waals surface area contributed by atoms with Crippen molar-refractivity contribution in [3.05, 3.63) is 66.9 Å². The molecule has 0 bridgehead atoms. The molecule has 0 radical (unpaired) electrons. The second kappa shape index (κ2) is 8.49. The fraction of sp³-hybridized carbons (Fsp3) is 0.286. The summed E-state index contributed by atoms with van der Waals surface area (Å²) < 4.78 is 5.35. The molecule has 1 N–H and O–H groups in total. The zero-order valence-corrected chi connectivity index (χ0v) is 14.2. The third-order valence-corrected chi connectivity index (χ3v) is 4.51. The number of likely N-dealkylation sites (tertiary alicyclic amines) is 1. The number of ether oxygens (including phenoxy) is 1. The van der Waals surface area contributed by atoms with E-state index < -0.39 is 0 Å². The molecule has 4 nitrogen and oxygen atoms in total. The molecule has 3 rings (SSSR count). The van der Waals surface area contributed by atoms with Crippen molar-refractivity contribution < 1.29 is 14.6 Å². The molecule has 1 saturated heterocycles. The van der Waals surface area contributed by atoms with Crippen molar-refractivity contribution in [2.24, 2.45) is 5.92 Å². The number of carbonyl (C=O) groups is 1. The minimum Gasteiger partial charge on any atom is -0.423 e. The van der Waals surface area contributed by atoms with Crippen molar-refractivity contribution >= 4 is 5.97 Å². The quantitative estimate of drug-likeness (QED) is 0.516. The van der Waals surface area contributed by atoms with Gasteiger partial charge in [-0.1, -0.05) is 42.5 Å².